The van der Waals surface area contributed by atoms with Crippen LogP contribution in [0.25, 0.3) is 0 Å². The molecule has 1 aromatic carbocycles. The Bertz CT molecular complexity index is 610. The van der Waals surface area contributed by atoms with Gasteiger partial charge < -0.3 is 10.6 Å². The van der Waals surface area contributed by atoms with E-state index in [-0.39, 0.29) is 10.8 Å². The van der Waals surface area contributed by atoms with Crippen molar-refractivity contribution in [2.45, 2.75) is 25.1 Å². The minimum absolute atomic E-state index is 0.0271. The van der Waals surface area contributed by atoms with Crippen molar-refractivity contribution in [1.29, 1.82) is 0 Å². The lowest BCUT2D eigenvalue weighted by molar-refractivity contribution is 0.251. The van der Waals surface area contributed by atoms with Gasteiger partial charge in [-0.25, -0.2) is 4.79 Å². The Kier molecular flexibility index (Phi) is 5.49. The van der Waals surface area contributed by atoms with E-state index in [0.29, 0.717) is 13.1 Å². The molecule has 0 saturated carbocycles. The van der Waals surface area contributed by atoms with Crippen molar-refractivity contribution in [3.63, 3.8) is 0 Å². The van der Waals surface area contributed by atoms with Crippen molar-refractivity contribution >= 4 is 23.5 Å². The summed E-state index contributed by atoms with van der Waals surface area (Å²) in [5, 5.41) is 9.95. The number of thioether (sulfide) groups is 1. The number of hydrogen-bond donors (Lipinski definition) is 2. The van der Waals surface area contributed by atoms with Crippen LogP contribution in [0.5, 0.6) is 0 Å². The Morgan fingerprint density at radius 1 is 1.36 bits per heavy atom. The average Bonchev–Trinajstić information content (AvgIpc) is 2.99. The highest BCUT2D eigenvalue weighted by Crippen LogP contribution is 2.19. The van der Waals surface area contributed by atoms with Gasteiger partial charge in [0.2, 0.25) is 0 Å². The highest BCUT2D eigenvalue weighted by Gasteiger charge is 2.16. The lowest BCUT2D eigenvalue weighted by Gasteiger charge is -2.22. The number of amides is 2. The Morgan fingerprint density at radius 3 is 2.86 bits per heavy atom. The maximum atomic E-state index is 12.0. The quantitative estimate of drug-likeness (QED) is 0.860. The Labute approximate surface area is 135 Å². The lowest BCUT2D eigenvalue weighted by atomic mass is 10.2. The van der Waals surface area contributed by atoms with Crippen LogP contribution in [0, 0.1) is 0 Å². The average molecular weight is 318 g/mol. The van der Waals surface area contributed by atoms with Gasteiger partial charge in [-0.3, -0.25) is 4.68 Å². The second-order valence-electron chi connectivity index (χ2n) is 5.68. The molecular formula is C16H22N4OS. The summed E-state index contributed by atoms with van der Waals surface area (Å²) in [6, 6.07) is 9.50. The highest BCUT2D eigenvalue weighted by atomic mass is 32.2. The van der Waals surface area contributed by atoms with E-state index in [2.05, 4.69) is 29.6 Å². The molecule has 0 radical (unpaired) electrons. The van der Waals surface area contributed by atoms with Crippen LogP contribution in [0.15, 0.2) is 42.7 Å². The molecule has 22 heavy (non-hydrogen) atoms. The first-order valence-corrected chi connectivity index (χ1v) is 8.37. The van der Waals surface area contributed by atoms with Gasteiger partial charge in [-0.1, -0.05) is 12.1 Å². The molecule has 0 fully saturated rings. The van der Waals surface area contributed by atoms with E-state index in [0.717, 1.165) is 11.3 Å². The molecule has 0 unspecified atom stereocenters. The molecular weight excluding hydrogens is 296 g/mol. The maximum absolute atomic E-state index is 12.0. The SMILES string of the molecule is CSC(C)(C)CNC(=O)Nc1cccc(Cn2cccn2)c1. The second-order valence-corrected chi connectivity index (χ2v) is 7.19. The van der Waals surface area contributed by atoms with Crippen molar-refractivity contribution < 1.29 is 4.79 Å². The van der Waals surface area contributed by atoms with Crippen LogP contribution in [-0.4, -0.2) is 33.4 Å². The number of anilines is 1. The van der Waals surface area contributed by atoms with E-state index in [1.807, 2.05) is 47.5 Å². The predicted molar refractivity (Wildman–Crippen MR) is 92.4 cm³/mol. The molecule has 5 nitrogen and oxygen atoms in total. The number of carbonyl (C=O) groups excluding carboxylic acids is 1. The van der Waals surface area contributed by atoms with E-state index in [1.54, 1.807) is 18.0 Å². The fraction of sp³-hybridized carbons (Fsp3) is 0.375. The van der Waals surface area contributed by atoms with Crippen molar-refractivity contribution in [2.24, 2.45) is 0 Å². The molecule has 2 N–H and O–H groups in total. The van der Waals surface area contributed by atoms with Gasteiger partial charge in [0.05, 0.1) is 6.54 Å². The number of urea groups is 1. The summed E-state index contributed by atoms with van der Waals surface area (Å²) in [5.41, 5.74) is 1.87. The highest BCUT2D eigenvalue weighted by molar-refractivity contribution is 7.99. The van der Waals surface area contributed by atoms with Crippen molar-refractivity contribution in [2.75, 3.05) is 18.1 Å². The van der Waals surface area contributed by atoms with Crippen molar-refractivity contribution in [3.8, 4) is 0 Å². The van der Waals surface area contributed by atoms with E-state index >= 15 is 0 Å². The maximum Gasteiger partial charge on any atom is 0.319 e. The van der Waals surface area contributed by atoms with Gasteiger partial charge in [-0.2, -0.15) is 16.9 Å². The summed E-state index contributed by atoms with van der Waals surface area (Å²) in [6.07, 6.45) is 5.71. The standard InChI is InChI=1S/C16H22N4OS/c1-16(2,22-3)12-17-15(21)19-14-7-4-6-13(10-14)11-20-9-5-8-18-20/h4-10H,11-12H2,1-3H3,(H2,17,19,21). The molecule has 0 aliphatic heterocycles. The fourth-order valence-corrected chi connectivity index (χ4v) is 2.09. The van der Waals surface area contributed by atoms with E-state index in [1.165, 1.54) is 0 Å². The number of nitrogens with one attached hydrogen (secondary N) is 2. The number of nitrogens with zero attached hydrogens (tertiary/aromatic N) is 2. The van der Waals surface area contributed by atoms with Crippen LogP contribution in [0.2, 0.25) is 0 Å². The topological polar surface area (TPSA) is 59.0 Å². The summed E-state index contributed by atoms with van der Waals surface area (Å²) in [4.78, 5) is 12.0. The lowest BCUT2D eigenvalue weighted by Crippen LogP contribution is -2.38. The first-order valence-electron chi connectivity index (χ1n) is 7.15. The molecule has 0 saturated heterocycles. The minimum atomic E-state index is -0.182. The first kappa shape index (κ1) is 16.4. The van der Waals surface area contributed by atoms with Crippen LogP contribution in [0.3, 0.4) is 0 Å². The molecule has 2 aromatic rings. The molecule has 2 rings (SSSR count). The molecule has 118 valence electrons. The number of aromatic nitrogens is 2. The van der Waals surface area contributed by atoms with E-state index < -0.39 is 0 Å². The number of hydrogen-bond acceptors (Lipinski definition) is 3. The van der Waals surface area contributed by atoms with E-state index in [9.17, 15) is 4.79 Å². The molecule has 0 bridgehead atoms. The monoisotopic (exact) mass is 318 g/mol. The Morgan fingerprint density at radius 2 is 2.18 bits per heavy atom. The Hall–Kier alpha value is -1.95. The zero-order chi connectivity index (χ0) is 16.0. The normalized spacial score (nSPS) is 11.2. The van der Waals surface area contributed by atoms with Crippen molar-refractivity contribution in [1.82, 2.24) is 15.1 Å². The summed E-state index contributed by atoms with van der Waals surface area (Å²) < 4.78 is 1.87. The Balaban J connectivity index is 1.91. The third kappa shape index (κ3) is 5.11. The van der Waals surface area contributed by atoms with Crippen LogP contribution in [-0.2, 0) is 6.54 Å². The molecule has 0 atom stereocenters. The van der Waals surface area contributed by atoms with Gasteiger partial charge >= 0.3 is 6.03 Å². The molecule has 0 aliphatic rings. The summed E-state index contributed by atoms with van der Waals surface area (Å²) in [7, 11) is 0. The summed E-state index contributed by atoms with van der Waals surface area (Å²) in [5.74, 6) is 0. The molecule has 2 amide bonds. The second kappa shape index (κ2) is 7.35. The molecule has 1 heterocycles. The predicted octanol–water partition coefficient (Wildman–Crippen LogP) is 3.19. The van der Waals surface area contributed by atoms with Crippen LogP contribution >= 0.6 is 11.8 Å². The van der Waals surface area contributed by atoms with Crippen LogP contribution < -0.4 is 10.6 Å². The van der Waals surface area contributed by atoms with Gasteiger partial charge in [0.15, 0.2) is 0 Å². The van der Waals surface area contributed by atoms with Gasteiger partial charge in [0, 0.05) is 29.4 Å². The number of carbonyl (C=O) groups is 1. The number of benzene rings is 1. The molecule has 0 spiro atoms. The first-order chi connectivity index (χ1) is 10.5. The zero-order valence-corrected chi connectivity index (χ0v) is 14.0. The van der Waals surface area contributed by atoms with Crippen LogP contribution in [0.1, 0.15) is 19.4 Å². The number of rotatable bonds is 6. The molecule has 6 heteroatoms. The van der Waals surface area contributed by atoms with E-state index in [4.69, 9.17) is 0 Å². The fourth-order valence-electron chi connectivity index (χ4n) is 1.87. The van der Waals surface area contributed by atoms with Crippen LogP contribution in [0.4, 0.5) is 10.5 Å². The van der Waals surface area contributed by atoms with Gasteiger partial charge in [0.25, 0.3) is 0 Å². The smallest absolute Gasteiger partial charge is 0.319 e. The largest absolute Gasteiger partial charge is 0.336 e. The molecule has 0 aliphatic carbocycles. The summed E-state index contributed by atoms with van der Waals surface area (Å²) >= 11 is 1.73. The minimum Gasteiger partial charge on any atom is -0.336 e. The zero-order valence-electron chi connectivity index (χ0n) is 13.2. The summed E-state index contributed by atoms with van der Waals surface area (Å²) in [6.45, 7) is 5.50. The third-order valence-corrected chi connectivity index (χ3v) is 4.57. The van der Waals surface area contributed by atoms with Crippen molar-refractivity contribution in [3.05, 3.63) is 48.3 Å². The molecule has 1 aromatic heterocycles. The van der Waals surface area contributed by atoms with Gasteiger partial charge in [-0.15, -0.1) is 0 Å². The van der Waals surface area contributed by atoms with Gasteiger partial charge in [0.1, 0.15) is 0 Å². The van der Waals surface area contributed by atoms with Gasteiger partial charge in [-0.05, 0) is 43.9 Å². The third-order valence-electron chi connectivity index (χ3n) is 3.32.